The molecule has 1 amide bonds. The molecule has 6 rings (SSSR count). The number of hydrogen-bond donors (Lipinski definition) is 1. The van der Waals surface area contributed by atoms with Crippen molar-refractivity contribution in [2.24, 2.45) is 23.2 Å². The molecule has 1 aromatic carbocycles. The summed E-state index contributed by atoms with van der Waals surface area (Å²) in [4.78, 5) is 27.7. The Morgan fingerprint density at radius 3 is 2.14 bits per heavy atom. The molecule has 4 saturated carbocycles. The molecular formula is C31H41NO3S. The number of amides is 1. The van der Waals surface area contributed by atoms with Gasteiger partial charge in [0.05, 0.1) is 6.61 Å². The number of carbonyl (C=O) groups excluding carboxylic acids is 2. The Morgan fingerprint density at radius 2 is 1.61 bits per heavy atom. The quantitative estimate of drug-likeness (QED) is 0.385. The molecule has 1 heterocycles. The van der Waals surface area contributed by atoms with E-state index in [1.54, 1.807) is 0 Å². The molecule has 4 aliphatic rings. The van der Waals surface area contributed by atoms with Crippen LogP contribution < -0.4 is 5.32 Å². The first-order valence-corrected chi connectivity index (χ1v) is 14.6. The van der Waals surface area contributed by atoms with Gasteiger partial charge in [0.25, 0.3) is 0 Å². The van der Waals surface area contributed by atoms with Crippen molar-refractivity contribution in [3.8, 4) is 11.1 Å². The third kappa shape index (κ3) is 5.01. The summed E-state index contributed by atoms with van der Waals surface area (Å²) in [6, 6.07) is 8.46. The number of nitrogens with one attached hydrogen (secondary N) is 1. The van der Waals surface area contributed by atoms with Crippen molar-refractivity contribution in [3.05, 3.63) is 40.3 Å². The third-order valence-corrected chi connectivity index (χ3v) is 9.74. The molecule has 0 unspecified atom stereocenters. The lowest BCUT2D eigenvalue weighted by molar-refractivity contribution is -0.124. The number of benzene rings is 1. The zero-order chi connectivity index (χ0) is 25.7. The largest absolute Gasteiger partial charge is 0.462 e. The van der Waals surface area contributed by atoms with Crippen LogP contribution in [0.15, 0.2) is 24.3 Å². The lowest BCUT2D eigenvalue weighted by atomic mass is 9.49. The minimum absolute atomic E-state index is 0.0531. The summed E-state index contributed by atoms with van der Waals surface area (Å²) in [7, 11) is 0. The normalized spacial score (nSPS) is 26.8. The maximum absolute atomic E-state index is 13.4. The van der Waals surface area contributed by atoms with E-state index in [1.807, 2.05) is 13.8 Å². The zero-order valence-corrected chi connectivity index (χ0v) is 23.4. The summed E-state index contributed by atoms with van der Waals surface area (Å²) in [5.41, 5.74) is 3.85. The highest BCUT2D eigenvalue weighted by atomic mass is 32.1. The van der Waals surface area contributed by atoms with Gasteiger partial charge in [-0.25, -0.2) is 4.79 Å². The molecule has 0 spiro atoms. The van der Waals surface area contributed by atoms with E-state index >= 15 is 0 Å². The molecule has 4 fully saturated rings. The molecule has 4 nitrogen and oxygen atoms in total. The first-order valence-electron chi connectivity index (χ1n) is 13.8. The fourth-order valence-corrected chi connectivity index (χ4v) is 8.68. The van der Waals surface area contributed by atoms with Crippen LogP contribution in [0.2, 0.25) is 0 Å². The van der Waals surface area contributed by atoms with E-state index in [2.05, 4.69) is 50.4 Å². The highest BCUT2D eigenvalue weighted by molar-refractivity contribution is 7.17. The summed E-state index contributed by atoms with van der Waals surface area (Å²) >= 11 is 1.50. The van der Waals surface area contributed by atoms with Gasteiger partial charge in [0.15, 0.2) is 0 Å². The second-order valence-corrected chi connectivity index (χ2v) is 14.1. The first kappa shape index (κ1) is 25.5. The maximum Gasteiger partial charge on any atom is 0.341 e. The summed E-state index contributed by atoms with van der Waals surface area (Å²) in [6.45, 7) is 11.0. The Bertz CT molecular complexity index is 1100. The van der Waals surface area contributed by atoms with Gasteiger partial charge in [0.2, 0.25) is 5.91 Å². The van der Waals surface area contributed by atoms with E-state index in [1.165, 1.54) is 55.4 Å². The van der Waals surface area contributed by atoms with Crippen molar-refractivity contribution in [2.75, 3.05) is 11.9 Å². The molecule has 5 heteroatoms. The average molecular weight is 508 g/mol. The summed E-state index contributed by atoms with van der Waals surface area (Å²) in [5.74, 6) is 2.15. The van der Waals surface area contributed by atoms with Gasteiger partial charge in [-0.2, -0.15) is 0 Å². The van der Waals surface area contributed by atoms with Crippen LogP contribution in [-0.4, -0.2) is 18.5 Å². The van der Waals surface area contributed by atoms with Crippen molar-refractivity contribution in [2.45, 2.75) is 91.4 Å². The van der Waals surface area contributed by atoms with Crippen LogP contribution in [0.4, 0.5) is 5.00 Å². The highest BCUT2D eigenvalue weighted by Gasteiger charge is 2.51. The standard InChI is InChI=1S/C31H41NO3S/c1-6-11-35-29(34)27-26(23-7-9-24(10-8-23)30(3,4)5)19(2)36-28(27)32-25(33)18-31-15-20-12-21(16-31)14-22(13-20)17-31/h7-10,20-22H,6,11-18H2,1-5H3,(H,32,33). The molecular weight excluding hydrogens is 466 g/mol. The topological polar surface area (TPSA) is 55.4 Å². The van der Waals surface area contributed by atoms with Crippen LogP contribution in [0.1, 0.15) is 99.9 Å². The van der Waals surface area contributed by atoms with Crippen LogP contribution in [0.3, 0.4) is 0 Å². The van der Waals surface area contributed by atoms with E-state index in [-0.39, 0.29) is 22.7 Å². The summed E-state index contributed by atoms with van der Waals surface area (Å²) in [6.07, 6.45) is 9.05. The van der Waals surface area contributed by atoms with Crippen LogP contribution in [-0.2, 0) is 14.9 Å². The van der Waals surface area contributed by atoms with Crippen molar-refractivity contribution in [1.82, 2.24) is 0 Å². The molecule has 0 radical (unpaired) electrons. The van der Waals surface area contributed by atoms with Crippen LogP contribution in [0.25, 0.3) is 11.1 Å². The number of ether oxygens (including phenoxy) is 1. The summed E-state index contributed by atoms with van der Waals surface area (Å²) in [5, 5.41) is 3.83. The Kier molecular flexibility index (Phi) is 6.82. The second-order valence-electron chi connectivity index (χ2n) is 12.8. The van der Waals surface area contributed by atoms with E-state index < -0.39 is 0 Å². The zero-order valence-electron chi connectivity index (χ0n) is 22.5. The minimum atomic E-state index is -0.346. The Hall–Kier alpha value is -2.14. The third-order valence-electron chi connectivity index (χ3n) is 8.72. The van der Waals surface area contributed by atoms with Crippen molar-refractivity contribution in [1.29, 1.82) is 0 Å². The Morgan fingerprint density at radius 1 is 1.03 bits per heavy atom. The van der Waals surface area contributed by atoms with Gasteiger partial charge >= 0.3 is 5.97 Å². The maximum atomic E-state index is 13.4. The first-order chi connectivity index (χ1) is 17.1. The van der Waals surface area contributed by atoms with Gasteiger partial charge in [-0.1, -0.05) is 52.0 Å². The lowest BCUT2D eigenvalue weighted by Crippen LogP contribution is -2.47. The van der Waals surface area contributed by atoms with Gasteiger partial charge < -0.3 is 10.1 Å². The molecule has 0 saturated heterocycles. The monoisotopic (exact) mass is 507 g/mol. The number of anilines is 1. The lowest BCUT2D eigenvalue weighted by Gasteiger charge is -2.56. The fourth-order valence-electron chi connectivity index (χ4n) is 7.60. The van der Waals surface area contributed by atoms with E-state index in [0.717, 1.165) is 40.2 Å². The molecule has 4 bridgehead atoms. The molecule has 36 heavy (non-hydrogen) atoms. The van der Waals surface area contributed by atoms with Gasteiger partial charge in [-0.3, -0.25) is 4.79 Å². The van der Waals surface area contributed by atoms with E-state index in [0.29, 0.717) is 23.6 Å². The molecule has 1 N–H and O–H groups in total. The molecule has 1 aromatic heterocycles. The van der Waals surface area contributed by atoms with Gasteiger partial charge in [-0.15, -0.1) is 11.3 Å². The number of thiophene rings is 1. The van der Waals surface area contributed by atoms with Gasteiger partial charge in [0, 0.05) is 16.9 Å². The predicted octanol–water partition coefficient (Wildman–Crippen LogP) is 8.13. The van der Waals surface area contributed by atoms with Crippen LogP contribution in [0.5, 0.6) is 0 Å². The van der Waals surface area contributed by atoms with E-state index in [4.69, 9.17) is 4.74 Å². The smallest absolute Gasteiger partial charge is 0.341 e. The Labute approximate surface area is 220 Å². The second kappa shape index (κ2) is 9.63. The molecule has 2 aromatic rings. The minimum Gasteiger partial charge on any atom is -0.462 e. The van der Waals surface area contributed by atoms with E-state index in [9.17, 15) is 9.59 Å². The van der Waals surface area contributed by atoms with Crippen LogP contribution in [0, 0.1) is 30.1 Å². The number of esters is 1. The van der Waals surface area contributed by atoms with Crippen molar-refractivity contribution in [3.63, 3.8) is 0 Å². The predicted molar refractivity (Wildman–Crippen MR) is 148 cm³/mol. The number of carbonyl (C=O) groups is 2. The molecule has 4 aliphatic carbocycles. The number of aryl methyl sites for hydroxylation is 1. The Balaban J connectivity index is 1.42. The molecule has 194 valence electrons. The van der Waals surface area contributed by atoms with Crippen molar-refractivity contribution < 1.29 is 14.3 Å². The molecule has 0 atom stereocenters. The van der Waals surface area contributed by atoms with Crippen molar-refractivity contribution >= 4 is 28.2 Å². The molecule has 0 aliphatic heterocycles. The highest BCUT2D eigenvalue weighted by Crippen LogP contribution is 2.61. The number of rotatable bonds is 7. The summed E-state index contributed by atoms with van der Waals surface area (Å²) < 4.78 is 5.60. The van der Waals surface area contributed by atoms with Gasteiger partial charge in [0.1, 0.15) is 10.6 Å². The fraction of sp³-hybridized carbons (Fsp3) is 0.613. The van der Waals surface area contributed by atoms with Crippen LogP contribution >= 0.6 is 11.3 Å². The number of hydrogen-bond acceptors (Lipinski definition) is 4. The SMILES string of the molecule is CCCOC(=O)c1c(NC(=O)CC23CC4CC(CC(C4)C2)C3)sc(C)c1-c1ccc(C(C)(C)C)cc1. The average Bonchev–Trinajstić information content (AvgIpc) is 3.10. The van der Waals surface area contributed by atoms with Gasteiger partial charge in [-0.05, 0) is 91.6 Å².